The SMILES string of the molecule is CNCc1cncnc1OCc1cccc(Cl)c1. The van der Waals surface area contributed by atoms with Crippen LogP contribution in [0.5, 0.6) is 5.88 Å². The predicted molar refractivity (Wildman–Crippen MR) is 70.6 cm³/mol. The van der Waals surface area contributed by atoms with E-state index in [0.29, 0.717) is 24.1 Å². The van der Waals surface area contributed by atoms with E-state index in [1.807, 2.05) is 31.3 Å². The van der Waals surface area contributed by atoms with Crippen LogP contribution in [0.15, 0.2) is 36.8 Å². The monoisotopic (exact) mass is 263 g/mol. The fourth-order valence-electron chi connectivity index (χ4n) is 1.57. The number of ether oxygens (including phenoxy) is 1. The van der Waals surface area contributed by atoms with Gasteiger partial charge in [-0.15, -0.1) is 0 Å². The largest absolute Gasteiger partial charge is 0.472 e. The predicted octanol–water partition coefficient (Wildman–Crippen LogP) is 2.43. The molecule has 1 aromatic heterocycles. The Kier molecular flexibility index (Phi) is 4.50. The van der Waals surface area contributed by atoms with Crippen molar-refractivity contribution >= 4 is 11.6 Å². The zero-order valence-corrected chi connectivity index (χ0v) is 10.8. The number of nitrogens with one attached hydrogen (secondary N) is 1. The van der Waals surface area contributed by atoms with Gasteiger partial charge in [-0.25, -0.2) is 9.97 Å². The molecule has 0 atom stereocenters. The van der Waals surface area contributed by atoms with Gasteiger partial charge < -0.3 is 10.1 Å². The highest BCUT2D eigenvalue weighted by molar-refractivity contribution is 6.30. The second-order valence-electron chi connectivity index (χ2n) is 3.80. The molecule has 2 aromatic rings. The van der Waals surface area contributed by atoms with Gasteiger partial charge in [0.2, 0.25) is 5.88 Å². The molecule has 0 aliphatic heterocycles. The van der Waals surface area contributed by atoms with Gasteiger partial charge in [0.15, 0.2) is 0 Å². The molecule has 0 fully saturated rings. The van der Waals surface area contributed by atoms with Crippen LogP contribution in [0.25, 0.3) is 0 Å². The van der Waals surface area contributed by atoms with Gasteiger partial charge in [0.25, 0.3) is 0 Å². The Labute approximate surface area is 111 Å². The van der Waals surface area contributed by atoms with E-state index < -0.39 is 0 Å². The molecule has 18 heavy (non-hydrogen) atoms. The summed E-state index contributed by atoms with van der Waals surface area (Å²) >= 11 is 5.92. The van der Waals surface area contributed by atoms with Crippen molar-refractivity contribution < 1.29 is 4.74 Å². The van der Waals surface area contributed by atoms with Crippen molar-refractivity contribution in [2.45, 2.75) is 13.2 Å². The minimum Gasteiger partial charge on any atom is -0.472 e. The van der Waals surface area contributed by atoms with Crippen LogP contribution in [0.2, 0.25) is 5.02 Å². The quantitative estimate of drug-likeness (QED) is 0.900. The number of rotatable bonds is 5. The lowest BCUT2D eigenvalue weighted by Crippen LogP contribution is -2.09. The van der Waals surface area contributed by atoms with Crippen LogP contribution in [-0.4, -0.2) is 17.0 Å². The summed E-state index contributed by atoms with van der Waals surface area (Å²) in [6, 6.07) is 7.57. The number of aromatic nitrogens is 2. The third-order valence-electron chi connectivity index (χ3n) is 2.38. The summed E-state index contributed by atoms with van der Waals surface area (Å²) in [6.45, 7) is 1.11. The Bertz CT molecular complexity index is 519. The molecule has 0 saturated carbocycles. The Hall–Kier alpha value is -1.65. The second-order valence-corrected chi connectivity index (χ2v) is 4.24. The number of nitrogens with zero attached hydrogens (tertiary/aromatic N) is 2. The molecule has 1 heterocycles. The van der Waals surface area contributed by atoms with Crippen molar-refractivity contribution in [3.8, 4) is 5.88 Å². The summed E-state index contributed by atoms with van der Waals surface area (Å²) in [6.07, 6.45) is 3.23. The Balaban J connectivity index is 2.06. The van der Waals surface area contributed by atoms with Crippen molar-refractivity contribution in [2.75, 3.05) is 7.05 Å². The first kappa shape index (κ1) is 12.8. The molecule has 0 bridgehead atoms. The lowest BCUT2D eigenvalue weighted by molar-refractivity contribution is 0.289. The molecule has 5 heteroatoms. The third kappa shape index (κ3) is 3.42. The van der Waals surface area contributed by atoms with Crippen LogP contribution in [-0.2, 0) is 13.2 Å². The van der Waals surface area contributed by atoms with E-state index in [1.54, 1.807) is 6.20 Å². The minimum atomic E-state index is 0.439. The molecule has 0 saturated heterocycles. The first-order valence-electron chi connectivity index (χ1n) is 5.60. The molecule has 0 amide bonds. The van der Waals surface area contributed by atoms with E-state index in [0.717, 1.165) is 11.1 Å². The highest BCUT2D eigenvalue weighted by Crippen LogP contribution is 2.16. The first-order valence-corrected chi connectivity index (χ1v) is 5.98. The Morgan fingerprint density at radius 3 is 3.06 bits per heavy atom. The average molecular weight is 264 g/mol. The molecule has 0 aliphatic rings. The first-order chi connectivity index (χ1) is 8.79. The van der Waals surface area contributed by atoms with Gasteiger partial charge >= 0.3 is 0 Å². The standard InChI is InChI=1S/C13H14ClN3O/c1-15-6-11-7-16-9-17-13(11)18-8-10-3-2-4-12(14)5-10/h2-5,7,9,15H,6,8H2,1H3. The zero-order valence-electron chi connectivity index (χ0n) is 10.1. The van der Waals surface area contributed by atoms with Gasteiger partial charge in [0.05, 0.1) is 0 Å². The van der Waals surface area contributed by atoms with E-state index in [9.17, 15) is 0 Å². The Morgan fingerprint density at radius 2 is 2.28 bits per heavy atom. The number of hydrogen-bond donors (Lipinski definition) is 1. The summed E-state index contributed by atoms with van der Waals surface area (Å²) < 4.78 is 5.68. The van der Waals surface area contributed by atoms with Crippen molar-refractivity contribution in [1.29, 1.82) is 0 Å². The summed E-state index contributed by atoms with van der Waals surface area (Å²) in [5, 5.41) is 3.75. The molecule has 0 radical (unpaired) electrons. The molecule has 2 rings (SSSR count). The number of benzene rings is 1. The number of hydrogen-bond acceptors (Lipinski definition) is 4. The van der Waals surface area contributed by atoms with Gasteiger partial charge in [-0.2, -0.15) is 0 Å². The van der Waals surface area contributed by atoms with E-state index in [-0.39, 0.29) is 0 Å². The fourth-order valence-corrected chi connectivity index (χ4v) is 1.78. The maximum atomic E-state index is 5.92. The molecule has 1 N–H and O–H groups in total. The molecular formula is C13H14ClN3O. The van der Waals surface area contributed by atoms with Crippen LogP contribution in [0.3, 0.4) is 0 Å². The summed E-state index contributed by atoms with van der Waals surface area (Å²) in [4.78, 5) is 8.11. The van der Waals surface area contributed by atoms with Gasteiger partial charge in [-0.05, 0) is 24.7 Å². The van der Waals surface area contributed by atoms with Gasteiger partial charge in [-0.1, -0.05) is 23.7 Å². The molecule has 4 nitrogen and oxygen atoms in total. The van der Waals surface area contributed by atoms with Crippen LogP contribution < -0.4 is 10.1 Å². The third-order valence-corrected chi connectivity index (χ3v) is 2.61. The highest BCUT2D eigenvalue weighted by atomic mass is 35.5. The van der Waals surface area contributed by atoms with Crippen LogP contribution in [0.4, 0.5) is 0 Å². The van der Waals surface area contributed by atoms with E-state index in [1.165, 1.54) is 6.33 Å². The van der Waals surface area contributed by atoms with E-state index >= 15 is 0 Å². The molecule has 0 spiro atoms. The van der Waals surface area contributed by atoms with Crippen molar-refractivity contribution in [1.82, 2.24) is 15.3 Å². The zero-order chi connectivity index (χ0) is 12.8. The molecule has 0 unspecified atom stereocenters. The van der Waals surface area contributed by atoms with Crippen LogP contribution >= 0.6 is 11.6 Å². The molecule has 1 aromatic carbocycles. The fraction of sp³-hybridized carbons (Fsp3) is 0.231. The average Bonchev–Trinajstić information content (AvgIpc) is 2.38. The summed E-state index contributed by atoms with van der Waals surface area (Å²) in [5.41, 5.74) is 1.94. The molecule has 94 valence electrons. The molecular weight excluding hydrogens is 250 g/mol. The topological polar surface area (TPSA) is 47.0 Å². The second kappa shape index (κ2) is 6.33. The van der Waals surface area contributed by atoms with Crippen molar-refractivity contribution in [3.05, 3.63) is 52.9 Å². The van der Waals surface area contributed by atoms with Crippen molar-refractivity contribution in [3.63, 3.8) is 0 Å². The van der Waals surface area contributed by atoms with Crippen molar-refractivity contribution in [2.24, 2.45) is 0 Å². The van der Waals surface area contributed by atoms with E-state index in [2.05, 4.69) is 15.3 Å². The molecule has 0 aliphatic carbocycles. The maximum absolute atomic E-state index is 5.92. The highest BCUT2D eigenvalue weighted by Gasteiger charge is 2.04. The lowest BCUT2D eigenvalue weighted by atomic mass is 10.2. The van der Waals surface area contributed by atoms with Gasteiger partial charge in [-0.3, -0.25) is 0 Å². The minimum absolute atomic E-state index is 0.439. The van der Waals surface area contributed by atoms with Crippen LogP contribution in [0, 0.1) is 0 Å². The smallest absolute Gasteiger partial charge is 0.221 e. The normalized spacial score (nSPS) is 10.3. The lowest BCUT2D eigenvalue weighted by Gasteiger charge is -2.09. The summed E-state index contributed by atoms with van der Waals surface area (Å²) in [7, 11) is 1.87. The Morgan fingerprint density at radius 1 is 1.39 bits per heavy atom. The van der Waals surface area contributed by atoms with E-state index in [4.69, 9.17) is 16.3 Å². The van der Waals surface area contributed by atoms with Gasteiger partial charge in [0, 0.05) is 23.3 Å². The maximum Gasteiger partial charge on any atom is 0.221 e. The number of halogens is 1. The summed E-state index contributed by atoms with van der Waals surface area (Å²) in [5.74, 6) is 0.597. The van der Waals surface area contributed by atoms with Crippen LogP contribution in [0.1, 0.15) is 11.1 Å². The van der Waals surface area contributed by atoms with Gasteiger partial charge in [0.1, 0.15) is 12.9 Å².